The highest BCUT2D eigenvalue weighted by Crippen LogP contribution is 2.54. The molecule has 0 fully saturated rings. The average molecular weight is 1240 g/mol. The summed E-state index contributed by atoms with van der Waals surface area (Å²) >= 11 is 0. The number of rotatable bonds is 5. The zero-order valence-electron chi connectivity index (χ0n) is 55.8. The molecule has 2 aromatic heterocycles. The van der Waals surface area contributed by atoms with E-state index in [2.05, 4.69) is 328 Å². The van der Waals surface area contributed by atoms with E-state index < -0.39 is 0 Å². The molecule has 0 spiro atoms. The molecule has 4 aliphatic heterocycles. The minimum Gasteiger partial charge on any atom is -0.458 e. The standard InChI is InChI=1S/C88H73B2N5O/c1-85(2)42-44-87(5,6)65-46-55(38-40-63(65)85)92-75-36-22-16-30-67(75)89-69-52-70-81(53-77(69)91(54-24-10-9-11-25-54)78-48-57(49-79(92)83(78)89)94-71-32-18-12-26-59(71)60-27-13-19-33-72(60)94)96-82-51-58(95-73-34-20-14-28-61(73)62-29-15-21-35-74(62)95)50-80-84(82)90(70)68-31-17-23-37-76(68)93(80)56-39-41-64-66(47-56)88(7,8)45-43-86(64,3)4/h9-41,46-53H,42-45H2,1-8H3. The third-order valence-corrected chi connectivity index (χ3v) is 23.6. The molecule has 12 aromatic carbocycles. The molecular weight excluding hydrogens is 1160 g/mol. The number of benzene rings is 12. The van der Waals surface area contributed by atoms with Gasteiger partial charge in [0, 0.05) is 84.9 Å². The quantitative estimate of drug-likeness (QED) is 0.161. The van der Waals surface area contributed by atoms with Crippen molar-refractivity contribution in [2.45, 2.75) is 103 Å². The van der Waals surface area contributed by atoms with Crippen LogP contribution in [0.15, 0.2) is 249 Å². The normalized spacial score (nSPS) is 16.9. The first kappa shape index (κ1) is 56.0. The first-order valence-corrected chi connectivity index (χ1v) is 34.7. The van der Waals surface area contributed by atoms with Crippen molar-refractivity contribution in [1.82, 2.24) is 9.13 Å². The number of aromatic nitrogens is 2. The predicted molar refractivity (Wildman–Crippen MR) is 406 cm³/mol. The summed E-state index contributed by atoms with van der Waals surface area (Å²) in [6.07, 6.45) is 4.58. The summed E-state index contributed by atoms with van der Waals surface area (Å²) in [7, 11) is 0. The van der Waals surface area contributed by atoms with Crippen LogP contribution in [0.25, 0.3) is 55.0 Å². The minimum atomic E-state index is -0.168. The van der Waals surface area contributed by atoms with Crippen molar-refractivity contribution in [1.29, 1.82) is 0 Å². The average Bonchev–Trinajstić information content (AvgIpc) is 0.929. The Hall–Kier alpha value is -10.4. The van der Waals surface area contributed by atoms with E-state index in [-0.39, 0.29) is 35.1 Å². The van der Waals surface area contributed by atoms with Gasteiger partial charge in [-0.15, -0.1) is 0 Å². The summed E-state index contributed by atoms with van der Waals surface area (Å²) in [5.74, 6) is 1.74. The molecule has 0 bridgehead atoms. The van der Waals surface area contributed by atoms with Gasteiger partial charge in [-0.2, -0.15) is 0 Å². The van der Waals surface area contributed by atoms with Gasteiger partial charge >= 0.3 is 0 Å². The molecule has 14 aromatic rings. The molecule has 2 aliphatic carbocycles. The lowest BCUT2D eigenvalue weighted by Gasteiger charge is -2.46. The Balaban J connectivity index is 0.869. The van der Waals surface area contributed by atoms with Crippen molar-refractivity contribution in [3.8, 4) is 22.9 Å². The predicted octanol–water partition coefficient (Wildman–Crippen LogP) is 19.1. The fourth-order valence-corrected chi connectivity index (χ4v) is 18.6. The maximum Gasteiger partial charge on any atom is 0.256 e. The lowest BCUT2D eigenvalue weighted by Crippen LogP contribution is -2.64. The summed E-state index contributed by atoms with van der Waals surface area (Å²) in [6.45, 7) is 19.2. The van der Waals surface area contributed by atoms with Crippen molar-refractivity contribution in [3.05, 3.63) is 271 Å². The number of hydrogen-bond acceptors (Lipinski definition) is 4. The molecular formula is C88H73B2N5O. The van der Waals surface area contributed by atoms with Crippen LogP contribution in [-0.2, 0) is 21.7 Å². The Bertz CT molecular complexity index is 5600. The Morgan fingerprint density at radius 1 is 0.271 bits per heavy atom. The number of fused-ring (bicyclic) bond motifs is 16. The zero-order valence-corrected chi connectivity index (χ0v) is 55.8. The van der Waals surface area contributed by atoms with Crippen LogP contribution < -0.4 is 52.2 Å². The van der Waals surface area contributed by atoms with E-state index in [1.54, 1.807) is 0 Å². The van der Waals surface area contributed by atoms with Gasteiger partial charge in [0.2, 0.25) is 0 Å². The van der Waals surface area contributed by atoms with Crippen LogP contribution in [0.1, 0.15) is 103 Å². The summed E-state index contributed by atoms with van der Waals surface area (Å²) in [5, 5.41) is 4.93. The number of ether oxygens (including phenoxy) is 1. The molecule has 6 heterocycles. The molecule has 96 heavy (non-hydrogen) atoms. The van der Waals surface area contributed by atoms with Crippen molar-refractivity contribution < 1.29 is 4.74 Å². The van der Waals surface area contributed by atoms with Gasteiger partial charge < -0.3 is 28.6 Å². The maximum atomic E-state index is 7.90. The summed E-state index contributed by atoms with van der Waals surface area (Å²) in [6, 6.07) is 95.1. The van der Waals surface area contributed by atoms with E-state index in [0.717, 1.165) is 82.3 Å². The highest BCUT2D eigenvalue weighted by molar-refractivity contribution is 7.02. The van der Waals surface area contributed by atoms with Crippen LogP contribution in [0.2, 0.25) is 0 Å². The van der Waals surface area contributed by atoms with E-state index in [4.69, 9.17) is 4.74 Å². The third kappa shape index (κ3) is 7.73. The van der Waals surface area contributed by atoms with Crippen molar-refractivity contribution >= 4 is 141 Å². The van der Waals surface area contributed by atoms with Gasteiger partial charge in [0.15, 0.2) is 0 Å². The number of hydrogen-bond donors (Lipinski definition) is 0. The smallest absolute Gasteiger partial charge is 0.256 e. The Morgan fingerprint density at radius 3 is 1.14 bits per heavy atom. The van der Waals surface area contributed by atoms with Crippen LogP contribution >= 0.6 is 0 Å². The van der Waals surface area contributed by atoms with E-state index >= 15 is 0 Å². The first-order valence-electron chi connectivity index (χ1n) is 34.7. The van der Waals surface area contributed by atoms with Gasteiger partial charge in [0.25, 0.3) is 13.4 Å². The fourth-order valence-electron chi connectivity index (χ4n) is 18.6. The Morgan fingerprint density at radius 2 is 0.656 bits per heavy atom. The second-order valence-corrected chi connectivity index (χ2v) is 30.9. The second kappa shape index (κ2) is 19.6. The molecule has 6 aliphatic rings. The summed E-state index contributed by atoms with van der Waals surface area (Å²) in [4.78, 5) is 7.78. The van der Waals surface area contributed by atoms with Crippen LogP contribution in [-0.4, -0.2) is 22.6 Å². The second-order valence-electron chi connectivity index (χ2n) is 30.9. The maximum absolute atomic E-state index is 7.90. The van der Waals surface area contributed by atoms with Crippen LogP contribution in [0.3, 0.4) is 0 Å². The van der Waals surface area contributed by atoms with E-state index in [1.165, 1.54) is 116 Å². The van der Waals surface area contributed by atoms with Crippen molar-refractivity contribution in [2.24, 2.45) is 0 Å². The molecule has 0 radical (unpaired) electrons. The molecule has 20 rings (SSSR count). The lowest BCUT2D eigenvalue weighted by molar-refractivity contribution is 0.332. The fraction of sp³-hybridized carbons (Fsp3) is 0.182. The topological polar surface area (TPSA) is 28.8 Å². The van der Waals surface area contributed by atoms with Crippen LogP contribution in [0.4, 0.5) is 51.2 Å². The molecule has 8 heteroatoms. The van der Waals surface area contributed by atoms with E-state index in [0.29, 0.717) is 0 Å². The molecule has 0 N–H and O–H groups in total. The molecule has 0 amide bonds. The summed E-state index contributed by atoms with van der Waals surface area (Å²) in [5.41, 5.74) is 30.6. The molecule has 0 saturated carbocycles. The van der Waals surface area contributed by atoms with E-state index in [9.17, 15) is 0 Å². The van der Waals surface area contributed by atoms with Gasteiger partial charge in [-0.25, -0.2) is 0 Å². The monoisotopic (exact) mass is 1240 g/mol. The third-order valence-electron chi connectivity index (χ3n) is 23.6. The largest absolute Gasteiger partial charge is 0.458 e. The van der Waals surface area contributed by atoms with E-state index in [1.807, 2.05) is 0 Å². The number of para-hydroxylation sites is 7. The molecule has 462 valence electrons. The Labute approximate surface area is 562 Å². The van der Waals surface area contributed by atoms with Crippen LogP contribution in [0, 0.1) is 0 Å². The van der Waals surface area contributed by atoms with Gasteiger partial charge in [0.1, 0.15) is 11.5 Å². The molecule has 6 nitrogen and oxygen atoms in total. The molecule has 0 unspecified atom stereocenters. The van der Waals surface area contributed by atoms with Gasteiger partial charge in [-0.05, 0) is 193 Å². The van der Waals surface area contributed by atoms with Gasteiger partial charge in [0.05, 0.1) is 33.4 Å². The first-order chi connectivity index (χ1) is 46.6. The SMILES string of the molecule is CC1(C)CCC(C)(C)c2cc(N3c4ccccc4B4c5cc6c(cc5Oc5cc(-n7c8ccccc8c8ccccc87)cc3c54)N(c3ccccc3)c3cc(-n4c5ccccc5c5ccccc54)cc4c3B6c3ccccc3N4c3ccc4c(c3)C(C)(C)CCC4(C)C)ccc21. The van der Waals surface area contributed by atoms with Gasteiger partial charge in [-0.3, -0.25) is 0 Å². The molecule has 0 saturated heterocycles. The van der Waals surface area contributed by atoms with Crippen LogP contribution in [0.5, 0.6) is 11.5 Å². The van der Waals surface area contributed by atoms with Crippen molar-refractivity contribution in [3.63, 3.8) is 0 Å². The molecule has 0 atom stereocenters. The lowest BCUT2D eigenvalue weighted by atomic mass is 9.30. The highest BCUT2D eigenvalue weighted by atomic mass is 16.5. The van der Waals surface area contributed by atoms with Crippen molar-refractivity contribution in [2.75, 3.05) is 14.7 Å². The highest BCUT2D eigenvalue weighted by Gasteiger charge is 2.49. The minimum absolute atomic E-state index is 0.00165. The zero-order chi connectivity index (χ0) is 64.5. The Kier molecular flexibility index (Phi) is 11.4. The van der Waals surface area contributed by atoms with Gasteiger partial charge in [-0.1, -0.05) is 201 Å². The number of anilines is 9. The number of nitrogens with zero attached hydrogens (tertiary/aromatic N) is 5. The summed E-state index contributed by atoms with van der Waals surface area (Å²) < 4.78 is 12.9.